The Morgan fingerprint density at radius 2 is 1.87 bits per heavy atom. The molecule has 6 heteroatoms. The standard InChI is InChI=1S/C25H17ClN2OS2/c26-19-9-4-2-7-16(19)14-21-24(29)28-23(20-10-5-13-30-20)18-12-11-15-6-1-3-8-17(15)22(18)27-25(28)31-21/h1-10,13-14,23H,11-12H2/b21-14-/t23-/m0/s1. The topological polar surface area (TPSA) is 34.4 Å². The van der Waals surface area contributed by atoms with Gasteiger partial charge in [-0.1, -0.05) is 71.5 Å². The summed E-state index contributed by atoms with van der Waals surface area (Å²) in [4.78, 5) is 20.5. The molecular weight excluding hydrogens is 444 g/mol. The fourth-order valence-corrected chi connectivity index (χ4v) is 6.48. The number of benzene rings is 2. The van der Waals surface area contributed by atoms with Gasteiger partial charge in [-0.3, -0.25) is 9.36 Å². The maximum atomic E-state index is 13.6. The van der Waals surface area contributed by atoms with Crippen LogP contribution in [-0.4, -0.2) is 4.57 Å². The molecule has 0 saturated heterocycles. The van der Waals surface area contributed by atoms with Gasteiger partial charge in [0.25, 0.3) is 5.56 Å². The normalized spacial score (nSPS) is 17.7. The van der Waals surface area contributed by atoms with E-state index in [1.165, 1.54) is 32.9 Å². The van der Waals surface area contributed by atoms with E-state index in [1.54, 1.807) is 11.3 Å². The zero-order chi connectivity index (χ0) is 20.9. The van der Waals surface area contributed by atoms with E-state index in [-0.39, 0.29) is 11.6 Å². The van der Waals surface area contributed by atoms with Gasteiger partial charge in [0.15, 0.2) is 4.80 Å². The van der Waals surface area contributed by atoms with Crippen LogP contribution in [0.15, 0.2) is 81.4 Å². The number of aromatic nitrogens is 1. The van der Waals surface area contributed by atoms with Crippen LogP contribution >= 0.6 is 34.3 Å². The van der Waals surface area contributed by atoms with Gasteiger partial charge >= 0.3 is 0 Å². The first-order chi connectivity index (χ1) is 15.2. The molecule has 0 unspecified atom stereocenters. The molecule has 31 heavy (non-hydrogen) atoms. The second-order valence-corrected chi connectivity index (χ2v) is 10.0. The van der Waals surface area contributed by atoms with Crippen molar-refractivity contribution in [2.75, 3.05) is 0 Å². The van der Waals surface area contributed by atoms with Crippen LogP contribution in [0.2, 0.25) is 5.02 Å². The van der Waals surface area contributed by atoms with Crippen molar-refractivity contribution in [2.24, 2.45) is 4.99 Å². The molecule has 4 aromatic rings. The number of hydrogen-bond acceptors (Lipinski definition) is 4. The molecule has 0 N–H and O–H groups in total. The largest absolute Gasteiger partial charge is 0.271 e. The molecule has 0 spiro atoms. The molecule has 0 saturated carbocycles. The minimum absolute atomic E-state index is 0.00696. The number of fused-ring (bicyclic) bond motifs is 3. The first-order valence-corrected chi connectivity index (χ1v) is 12.2. The highest BCUT2D eigenvalue weighted by molar-refractivity contribution is 7.10. The van der Waals surface area contributed by atoms with E-state index in [0.29, 0.717) is 9.55 Å². The van der Waals surface area contributed by atoms with Crippen LogP contribution in [-0.2, 0) is 6.42 Å². The second-order valence-electron chi connectivity index (χ2n) is 7.65. The molecule has 2 aromatic carbocycles. The number of nitrogens with zero attached hydrogens (tertiary/aromatic N) is 2. The molecule has 6 rings (SSSR count). The Morgan fingerprint density at radius 3 is 2.71 bits per heavy atom. The molecular formula is C25H17ClN2OS2. The molecule has 1 aliphatic carbocycles. The monoisotopic (exact) mass is 460 g/mol. The van der Waals surface area contributed by atoms with E-state index < -0.39 is 0 Å². The molecule has 1 aliphatic heterocycles. The van der Waals surface area contributed by atoms with Gasteiger partial charge in [-0.15, -0.1) is 11.3 Å². The Hall–Kier alpha value is -2.73. The summed E-state index contributed by atoms with van der Waals surface area (Å²) >= 11 is 9.48. The number of aryl methyl sites for hydroxylation is 1. The van der Waals surface area contributed by atoms with Crippen molar-refractivity contribution in [1.82, 2.24) is 4.57 Å². The number of rotatable bonds is 2. The number of thiazole rings is 1. The van der Waals surface area contributed by atoms with Crippen LogP contribution in [0, 0.1) is 0 Å². The van der Waals surface area contributed by atoms with Crippen molar-refractivity contribution in [3.63, 3.8) is 0 Å². The number of thiophene rings is 1. The van der Waals surface area contributed by atoms with Crippen LogP contribution in [0.5, 0.6) is 0 Å². The lowest BCUT2D eigenvalue weighted by Gasteiger charge is -2.30. The Kier molecular flexibility index (Phi) is 4.56. The molecule has 3 nitrogen and oxygen atoms in total. The summed E-state index contributed by atoms with van der Waals surface area (Å²) < 4.78 is 2.54. The lowest BCUT2D eigenvalue weighted by molar-refractivity contribution is 0.593. The summed E-state index contributed by atoms with van der Waals surface area (Å²) in [6, 6.07) is 20.1. The van der Waals surface area contributed by atoms with Crippen molar-refractivity contribution < 1.29 is 0 Å². The second kappa shape index (κ2) is 7.45. The summed E-state index contributed by atoms with van der Waals surface area (Å²) in [5, 5.41) is 2.71. The highest BCUT2D eigenvalue weighted by atomic mass is 35.5. The average Bonchev–Trinajstić information content (AvgIpc) is 3.43. The fraction of sp³-hybridized carbons (Fsp3) is 0.120. The lowest BCUT2D eigenvalue weighted by Crippen LogP contribution is -2.38. The minimum atomic E-state index is -0.104. The van der Waals surface area contributed by atoms with Crippen LogP contribution < -0.4 is 14.9 Å². The zero-order valence-electron chi connectivity index (χ0n) is 16.4. The van der Waals surface area contributed by atoms with E-state index in [0.717, 1.165) is 28.9 Å². The van der Waals surface area contributed by atoms with Crippen LogP contribution in [0.4, 0.5) is 0 Å². The highest BCUT2D eigenvalue weighted by Crippen LogP contribution is 2.42. The van der Waals surface area contributed by atoms with Gasteiger partial charge in [0, 0.05) is 15.5 Å². The summed E-state index contributed by atoms with van der Waals surface area (Å²) in [5.74, 6) is 0. The molecule has 0 bridgehead atoms. The average molecular weight is 461 g/mol. The van der Waals surface area contributed by atoms with Crippen molar-refractivity contribution in [3.05, 3.63) is 118 Å². The van der Waals surface area contributed by atoms with Gasteiger partial charge in [0.05, 0.1) is 16.3 Å². The van der Waals surface area contributed by atoms with Crippen LogP contribution in [0.25, 0.3) is 11.8 Å². The number of allylic oxidation sites excluding steroid dienone is 1. The van der Waals surface area contributed by atoms with Gasteiger partial charge in [0.2, 0.25) is 0 Å². The zero-order valence-corrected chi connectivity index (χ0v) is 18.8. The van der Waals surface area contributed by atoms with Gasteiger partial charge in [-0.25, -0.2) is 4.99 Å². The smallest absolute Gasteiger partial charge is 0.271 e. The number of halogens is 1. The summed E-state index contributed by atoms with van der Waals surface area (Å²) in [6.45, 7) is 0. The quantitative estimate of drug-likeness (QED) is 0.413. The van der Waals surface area contributed by atoms with Gasteiger partial charge in [-0.05, 0) is 53.1 Å². The summed E-state index contributed by atoms with van der Waals surface area (Å²) in [7, 11) is 0. The minimum Gasteiger partial charge on any atom is -0.271 e. The Labute approximate surface area is 191 Å². The van der Waals surface area contributed by atoms with Crippen molar-refractivity contribution in [2.45, 2.75) is 18.9 Å². The van der Waals surface area contributed by atoms with Crippen molar-refractivity contribution >= 4 is 46.0 Å². The Morgan fingerprint density at radius 1 is 1.03 bits per heavy atom. The van der Waals surface area contributed by atoms with Crippen molar-refractivity contribution in [1.29, 1.82) is 0 Å². The lowest BCUT2D eigenvalue weighted by atomic mass is 9.85. The highest BCUT2D eigenvalue weighted by Gasteiger charge is 2.32. The number of hydrogen-bond donors (Lipinski definition) is 0. The summed E-state index contributed by atoms with van der Waals surface area (Å²) in [6.07, 6.45) is 3.76. The Balaban J connectivity index is 1.64. The maximum Gasteiger partial charge on any atom is 0.271 e. The molecule has 1 atom stereocenters. The van der Waals surface area contributed by atoms with Crippen LogP contribution in [0.1, 0.15) is 34.0 Å². The van der Waals surface area contributed by atoms with E-state index in [9.17, 15) is 4.79 Å². The molecule has 0 fully saturated rings. The van der Waals surface area contributed by atoms with E-state index >= 15 is 0 Å². The third-order valence-electron chi connectivity index (χ3n) is 5.88. The third kappa shape index (κ3) is 3.07. The predicted molar refractivity (Wildman–Crippen MR) is 129 cm³/mol. The molecule has 3 heterocycles. The fourth-order valence-electron chi connectivity index (χ4n) is 4.45. The molecule has 2 aliphatic rings. The van der Waals surface area contributed by atoms with Gasteiger partial charge in [-0.2, -0.15) is 0 Å². The first kappa shape index (κ1) is 19.0. The summed E-state index contributed by atoms with van der Waals surface area (Å²) in [5.41, 5.74) is 5.62. The molecule has 2 aromatic heterocycles. The third-order valence-corrected chi connectivity index (χ3v) is 8.13. The van der Waals surface area contributed by atoms with Crippen LogP contribution in [0.3, 0.4) is 0 Å². The first-order valence-electron chi connectivity index (χ1n) is 10.1. The molecule has 0 radical (unpaired) electrons. The Bertz CT molecular complexity index is 1530. The van der Waals surface area contributed by atoms with Crippen molar-refractivity contribution in [3.8, 4) is 0 Å². The van der Waals surface area contributed by atoms with Gasteiger partial charge in [0.1, 0.15) is 0 Å². The SMILES string of the molecule is O=c1/c(=C/c2ccccc2Cl)sc2n1[C@H](c1cccs1)C1=C(N=2)c2ccccc2CC1. The predicted octanol–water partition coefficient (Wildman–Crippen LogP) is 5.03. The van der Waals surface area contributed by atoms with E-state index in [1.807, 2.05) is 34.9 Å². The van der Waals surface area contributed by atoms with E-state index in [4.69, 9.17) is 16.6 Å². The van der Waals surface area contributed by atoms with E-state index in [2.05, 4.69) is 41.8 Å². The maximum absolute atomic E-state index is 13.6. The molecule has 152 valence electrons. The molecule has 0 amide bonds. The van der Waals surface area contributed by atoms with Gasteiger partial charge < -0.3 is 0 Å².